The number of carbonyl (C=O) groups excluding carboxylic acids is 1. The van der Waals surface area contributed by atoms with Crippen LogP contribution in [-0.2, 0) is 10.2 Å². The third-order valence-corrected chi connectivity index (χ3v) is 6.67. The Labute approximate surface area is 186 Å². The van der Waals surface area contributed by atoms with Crippen LogP contribution in [0.25, 0.3) is 11.3 Å². The minimum absolute atomic E-state index is 0.0585. The number of fused-ring (bicyclic) bond motifs is 2. The molecule has 1 amide bonds. The van der Waals surface area contributed by atoms with E-state index in [4.69, 9.17) is 4.74 Å². The van der Waals surface area contributed by atoms with E-state index in [1.807, 2.05) is 42.4 Å². The summed E-state index contributed by atoms with van der Waals surface area (Å²) in [5, 5.41) is 0. The molecule has 162 valence electrons. The molecule has 1 aliphatic carbocycles. The molecule has 6 rings (SSSR count). The van der Waals surface area contributed by atoms with Crippen molar-refractivity contribution < 1.29 is 9.53 Å². The van der Waals surface area contributed by atoms with Gasteiger partial charge >= 0.3 is 0 Å². The number of amides is 1. The van der Waals surface area contributed by atoms with Crippen LogP contribution in [0.2, 0.25) is 0 Å². The number of carbonyl (C=O) groups is 1. The molecule has 1 aromatic carbocycles. The number of anilines is 2. The quantitative estimate of drug-likeness (QED) is 0.634. The second kappa shape index (κ2) is 7.34. The number of aryl methyl sites for hydroxylation is 1. The van der Waals surface area contributed by atoms with E-state index in [1.165, 1.54) is 5.56 Å². The maximum atomic E-state index is 13.1. The maximum Gasteiger partial charge on any atom is 0.254 e. The van der Waals surface area contributed by atoms with Crippen LogP contribution in [0.5, 0.6) is 0 Å². The van der Waals surface area contributed by atoms with Gasteiger partial charge in [-0.1, -0.05) is 6.07 Å². The van der Waals surface area contributed by atoms with Gasteiger partial charge in [-0.15, -0.1) is 0 Å². The van der Waals surface area contributed by atoms with Gasteiger partial charge in [0.2, 0.25) is 5.95 Å². The molecule has 0 atom stereocenters. The molecule has 0 bridgehead atoms. The average Bonchev–Trinajstić information content (AvgIpc) is 3.55. The normalized spacial score (nSPS) is 18.7. The molecular formula is C24H24N6O2. The summed E-state index contributed by atoms with van der Waals surface area (Å²) in [6, 6.07) is 7.99. The fraction of sp³-hybridized carbons (Fsp3) is 0.375. The van der Waals surface area contributed by atoms with E-state index < -0.39 is 0 Å². The summed E-state index contributed by atoms with van der Waals surface area (Å²) in [7, 11) is 0. The Hall–Kier alpha value is -3.39. The Morgan fingerprint density at radius 1 is 1.06 bits per heavy atom. The molecule has 0 unspecified atom stereocenters. The first-order valence-electron chi connectivity index (χ1n) is 11.0. The van der Waals surface area contributed by atoms with Crippen molar-refractivity contribution in [3.63, 3.8) is 0 Å². The topological polar surface area (TPSA) is 84.3 Å². The van der Waals surface area contributed by atoms with E-state index >= 15 is 0 Å². The smallest absolute Gasteiger partial charge is 0.254 e. The first kappa shape index (κ1) is 19.3. The van der Waals surface area contributed by atoms with E-state index in [0.717, 1.165) is 36.3 Å². The Balaban J connectivity index is 1.32. The highest BCUT2D eigenvalue weighted by Crippen LogP contribution is 2.57. The lowest BCUT2D eigenvalue weighted by atomic mass is 9.97. The van der Waals surface area contributed by atoms with Gasteiger partial charge in [-0.25, -0.2) is 19.9 Å². The number of benzene rings is 1. The van der Waals surface area contributed by atoms with Gasteiger partial charge < -0.3 is 14.5 Å². The minimum atomic E-state index is 0.0585. The SMILES string of the molecule is Cc1nccc(-c2cnc(N3CC4(CC4)c4ccc(C(=O)N5CCOCC5)cc43)nc2)n1. The van der Waals surface area contributed by atoms with Gasteiger partial charge in [-0.2, -0.15) is 0 Å². The fourth-order valence-electron chi connectivity index (χ4n) is 4.73. The number of hydrogen-bond acceptors (Lipinski definition) is 7. The molecule has 1 spiro atoms. The van der Waals surface area contributed by atoms with Crippen LogP contribution in [0.15, 0.2) is 42.9 Å². The monoisotopic (exact) mass is 428 g/mol. The molecular weight excluding hydrogens is 404 g/mol. The van der Waals surface area contributed by atoms with Crippen LogP contribution >= 0.6 is 0 Å². The van der Waals surface area contributed by atoms with Crippen LogP contribution in [0.3, 0.4) is 0 Å². The summed E-state index contributed by atoms with van der Waals surface area (Å²) < 4.78 is 5.39. The molecule has 1 saturated heterocycles. The molecule has 0 N–H and O–H groups in total. The highest BCUT2D eigenvalue weighted by atomic mass is 16.5. The van der Waals surface area contributed by atoms with Gasteiger partial charge in [-0.3, -0.25) is 4.79 Å². The van der Waals surface area contributed by atoms with Gasteiger partial charge in [0, 0.05) is 60.5 Å². The van der Waals surface area contributed by atoms with Crippen molar-refractivity contribution in [2.24, 2.45) is 0 Å². The van der Waals surface area contributed by atoms with Crippen molar-refractivity contribution in [3.8, 4) is 11.3 Å². The van der Waals surface area contributed by atoms with Crippen LogP contribution < -0.4 is 4.90 Å². The molecule has 8 heteroatoms. The molecule has 32 heavy (non-hydrogen) atoms. The lowest BCUT2D eigenvalue weighted by molar-refractivity contribution is 0.0303. The van der Waals surface area contributed by atoms with Gasteiger partial charge in [0.15, 0.2) is 0 Å². The molecule has 8 nitrogen and oxygen atoms in total. The Morgan fingerprint density at radius 2 is 1.84 bits per heavy atom. The third kappa shape index (κ3) is 3.22. The number of ether oxygens (including phenoxy) is 1. The molecule has 3 aliphatic rings. The van der Waals surface area contributed by atoms with Crippen LogP contribution in [0.1, 0.15) is 34.6 Å². The zero-order valence-electron chi connectivity index (χ0n) is 18.0. The van der Waals surface area contributed by atoms with Crippen molar-refractivity contribution in [3.05, 3.63) is 59.8 Å². The predicted octanol–water partition coefficient (Wildman–Crippen LogP) is 2.90. The largest absolute Gasteiger partial charge is 0.378 e. The molecule has 3 aromatic rings. The highest BCUT2D eigenvalue weighted by molar-refractivity contribution is 5.96. The fourth-order valence-corrected chi connectivity index (χ4v) is 4.73. The van der Waals surface area contributed by atoms with Gasteiger partial charge in [0.05, 0.1) is 18.9 Å². The summed E-state index contributed by atoms with van der Waals surface area (Å²) in [5.41, 5.74) is 4.89. The van der Waals surface area contributed by atoms with Gasteiger partial charge in [0.1, 0.15) is 5.82 Å². The van der Waals surface area contributed by atoms with Crippen LogP contribution in [0.4, 0.5) is 11.6 Å². The van der Waals surface area contributed by atoms with E-state index in [2.05, 4.69) is 30.9 Å². The zero-order valence-corrected chi connectivity index (χ0v) is 18.0. The maximum absolute atomic E-state index is 13.1. The van der Waals surface area contributed by atoms with E-state index in [1.54, 1.807) is 6.20 Å². The molecule has 4 heterocycles. The second-order valence-corrected chi connectivity index (χ2v) is 8.76. The molecule has 2 fully saturated rings. The van der Waals surface area contributed by atoms with Crippen molar-refractivity contribution in [2.45, 2.75) is 25.2 Å². The lowest BCUT2D eigenvalue weighted by Crippen LogP contribution is -2.40. The summed E-state index contributed by atoms with van der Waals surface area (Å²) >= 11 is 0. The van der Waals surface area contributed by atoms with Crippen molar-refractivity contribution in [1.82, 2.24) is 24.8 Å². The summed E-state index contributed by atoms with van der Waals surface area (Å²) in [5.74, 6) is 1.43. The summed E-state index contributed by atoms with van der Waals surface area (Å²) in [4.78, 5) is 35.0. The standard InChI is InChI=1S/C24H24N6O2/c1-16-25-7-4-20(28-16)18-13-26-23(27-14-18)30-15-24(5-6-24)19-3-2-17(12-21(19)30)22(31)29-8-10-32-11-9-29/h2-4,7,12-14H,5-6,8-11,15H2,1H3. The van der Waals surface area contributed by atoms with Crippen LogP contribution in [0, 0.1) is 6.92 Å². The number of morpholine rings is 1. The molecule has 2 aliphatic heterocycles. The number of nitrogens with zero attached hydrogens (tertiary/aromatic N) is 6. The van der Waals surface area contributed by atoms with Crippen LogP contribution in [-0.4, -0.2) is 63.6 Å². The zero-order chi connectivity index (χ0) is 21.7. The van der Waals surface area contributed by atoms with E-state index in [0.29, 0.717) is 43.6 Å². The number of aromatic nitrogens is 4. The number of rotatable bonds is 3. The summed E-state index contributed by atoms with van der Waals surface area (Å²) in [6.45, 7) is 5.18. The first-order valence-corrected chi connectivity index (χ1v) is 11.0. The number of hydrogen-bond donors (Lipinski definition) is 0. The Morgan fingerprint density at radius 3 is 2.56 bits per heavy atom. The molecule has 1 saturated carbocycles. The predicted molar refractivity (Wildman–Crippen MR) is 119 cm³/mol. The highest BCUT2D eigenvalue weighted by Gasteiger charge is 2.52. The lowest BCUT2D eigenvalue weighted by Gasteiger charge is -2.27. The van der Waals surface area contributed by atoms with Gasteiger partial charge in [-0.05, 0) is 43.5 Å². The van der Waals surface area contributed by atoms with Crippen molar-refractivity contribution >= 4 is 17.5 Å². The third-order valence-electron chi connectivity index (χ3n) is 6.67. The average molecular weight is 428 g/mol. The Kier molecular flexibility index (Phi) is 4.43. The van der Waals surface area contributed by atoms with E-state index in [9.17, 15) is 4.79 Å². The molecule has 2 aromatic heterocycles. The van der Waals surface area contributed by atoms with Crippen molar-refractivity contribution in [2.75, 3.05) is 37.7 Å². The van der Waals surface area contributed by atoms with Gasteiger partial charge in [0.25, 0.3) is 5.91 Å². The van der Waals surface area contributed by atoms with E-state index in [-0.39, 0.29) is 11.3 Å². The minimum Gasteiger partial charge on any atom is -0.378 e. The second-order valence-electron chi connectivity index (χ2n) is 8.76. The molecule has 0 radical (unpaired) electrons. The Bertz CT molecular complexity index is 1190. The summed E-state index contributed by atoms with van der Waals surface area (Å²) in [6.07, 6.45) is 7.68. The first-order chi connectivity index (χ1) is 15.6. The van der Waals surface area contributed by atoms with Crippen molar-refractivity contribution in [1.29, 1.82) is 0 Å².